The predicted octanol–water partition coefficient (Wildman–Crippen LogP) is 2.09. The van der Waals surface area contributed by atoms with Crippen LogP contribution in [0, 0.1) is 0 Å². The van der Waals surface area contributed by atoms with Gasteiger partial charge in [-0.3, -0.25) is 9.79 Å². The Kier molecular flexibility index (Phi) is 10.5. The van der Waals surface area contributed by atoms with Crippen LogP contribution in [-0.4, -0.2) is 43.7 Å². The summed E-state index contributed by atoms with van der Waals surface area (Å²) in [6.45, 7) is 3.55. The molecule has 1 heterocycles. The van der Waals surface area contributed by atoms with Crippen LogP contribution in [0.1, 0.15) is 34.7 Å². The molecule has 4 N–H and O–H groups in total. The van der Waals surface area contributed by atoms with Gasteiger partial charge >= 0.3 is 0 Å². The van der Waals surface area contributed by atoms with E-state index in [0.29, 0.717) is 23.8 Å². The number of nitrogens with one attached hydrogen (secondary N) is 3. The van der Waals surface area contributed by atoms with E-state index in [1.54, 1.807) is 25.2 Å². The average Bonchev–Trinajstić information content (AvgIpc) is 3.20. The molecule has 0 aliphatic rings. The van der Waals surface area contributed by atoms with Gasteiger partial charge in [0.15, 0.2) is 5.96 Å². The Morgan fingerprint density at radius 3 is 2.74 bits per heavy atom. The van der Waals surface area contributed by atoms with E-state index in [1.807, 2.05) is 25.1 Å². The molecular weight excluding hydrogens is 459 g/mol. The first-order valence-electron chi connectivity index (χ1n) is 8.68. The van der Waals surface area contributed by atoms with Gasteiger partial charge < -0.3 is 25.5 Å². The number of furan rings is 1. The molecule has 7 nitrogen and oxygen atoms in total. The molecule has 0 spiro atoms. The summed E-state index contributed by atoms with van der Waals surface area (Å²) in [5.41, 5.74) is 1.71. The van der Waals surface area contributed by atoms with E-state index in [9.17, 15) is 9.90 Å². The van der Waals surface area contributed by atoms with Gasteiger partial charge in [0.05, 0.1) is 12.8 Å². The summed E-state index contributed by atoms with van der Waals surface area (Å²) in [5, 5.41) is 19.0. The lowest BCUT2D eigenvalue weighted by atomic mass is 10.1. The zero-order chi connectivity index (χ0) is 18.8. The summed E-state index contributed by atoms with van der Waals surface area (Å²) in [7, 11) is 1.62. The SMILES string of the molecule is CCNC(=NCC(O)c1ccco1)NCCc1cccc(C(=O)NC)c1.I. The van der Waals surface area contributed by atoms with Gasteiger partial charge in [0.25, 0.3) is 5.91 Å². The van der Waals surface area contributed by atoms with E-state index in [-0.39, 0.29) is 36.4 Å². The molecule has 0 radical (unpaired) electrons. The van der Waals surface area contributed by atoms with Crippen LogP contribution in [-0.2, 0) is 6.42 Å². The maximum absolute atomic E-state index is 11.7. The first-order valence-corrected chi connectivity index (χ1v) is 8.68. The van der Waals surface area contributed by atoms with Crippen molar-refractivity contribution in [2.75, 3.05) is 26.7 Å². The number of nitrogens with zero attached hydrogens (tertiary/aromatic N) is 1. The molecule has 27 heavy (non-hydrogen) atoms. The molecule has 1 aromatic carbocycles. The Labute approximate surface area is 176 Å². The highest BCUT2D eigenvalue weighted by molar-refractivity contribution is 14.0. The molecule has 1 amide bonds. The number of aliphatic imine (C=N–C) groups is 1. The number of amides is 1. The third-order valence-electron chi connectivity index (χ3n) is 3.76. The Balaban J connectivity index is 0.00000364. The first-order chi connectivity index (χ1) is 12.6. The second-order valence-electron chi connectivity index (χ2n) is 5.71. The van der Waals surface area contributed by atoms with Gasteiger partial charge in [-0.15, -0.1) is 24.0 Å². The molecule has 1 unspecified atom stereocenters. The van der Waals surface area contributed by atoms with Gasteiger partial charge in [0, 0.05) is 25.7 Å². The molecule has 1 atom stereocenters. The minimum Gasteiger partial charge on any atom is -0.467 e. The fraction of sp³-hybridized carbons (Fsp3) is 0.368. The summed E-state index contributed by atoms with van der Waals surface area (Å²) in [5.74, 6) is 1.03. The first kappa shape index (κ1) is 23.0. The topological polar surface area (TPSA) is 98.9 Å². The van der Waals surface area contributed by atoms with Crippen molar-refractivity contribution in [3.63, 3.8) is 0 Å². The Morgan fingerprint density at radius 1 is 1.26 bits per heavy atom. The quantitative estimate of drug-likeness (QED) is 0.260. The van der Waals surface area contributed by atoms with Crippen molar-refractivity contribution in [2.24, 2.45) is 4.99 Å². The number of carbonyl (C=O) groups is 1. The normalized spacial score (nSPS) is 12.0. The van der Waals surface area contributed by atoms with Crippen molar-refractivity contribution in [3.05, 3.63) is 59.5 Å². The molecule has 0 aliphatic heterocycles. The number of carbonyl (C=O) groups excluding carboxylic acids is 1. The summed E-state index contributed by atoms with van der Waals surface area (Å²) in [6, 6.07) is 11.0. The highest BCUT2D eigenvalue weighted by Crippen LogP contribution is 2.12. The molecule has 2 aromatic rings. The number of halogens is 1. The van der Waals surface area contributed by atoms with Crippen LogP contribution in [0.25, 0.3) is 0 Å². The lowest BCUT2D eigenvalue weighted by molar-refractivity contribution is 0.0963. The van der Waals surface area contributed by atoms with Crippen LogP contribution in [0.2, 0.25) is 0 Å². The number of aliphatic hydroxyl groups excluding tert-OH is 1. The summed E-state index contributed by atoms with van der Waals surface area (Å²) < 4.78 is 5.17. The minimum atomic E-state index is -0.773. The number of hydrogen-bond acceptors (Lipinski definition) is 4. The van der Waals surface area contributed by atoms with Gasteiger partial charge in [-0.1, -0.05) is 12.1 Å². The van der Waals surface area contributed by atoms with Gasteiger partial charge in [0.2, 0.25) is 0 Å². The van der Waals surface area contributed by atoms with Crippen LogP contribution >= 0.6 is 24.0 Å². The second-order valence-corrected chi connectivity index (χ2v) is 5.71. The minimum absolute atomic E-state index is 0. The Bertz CT molecular complexity index is 720. The molecule has 0 saturated carbocycles. The van der Waals surface area contributed by atoms with E-state index in [1.165, 1.54) is 6.26 Å². The number of benzene rings is 1. The third-order valence-corrected chi connectivity index (χ3v) is 3.76. The largest absolute Gasteiger partial charge is 0.467 e. The van der Waals surface area contributed by atoms with Gasteiger partial charge in [-0.25, -0.2) is 0 Å². The molecule has 0 saturated heterocycles. The fourth-order valence-corrected chi connectivity index (χ4v) is 2.43. The number of guanidine groups is 1. The van der Waals surface area contributed by atoms with E-state index >= 15 is 0 Å². The van der Waals surface area contributed by atoms with Crippen LogP contribution in [0.15, 0.2) is 52.1 Å². The number of hydrogen-bond donors (Lipinski definition) is 4. The second kappa shape index (κ2) is 12.3. The zero-order valence-electron chi connectivity index (χ0n) is 15.6. The highest BCUT2D eigenvalue weighted by Gasteiger charge is 2.10. The van der Waals surface area contributed by atoms with Crippen LogP contribution in [0.3, 0.4) is 0 Å². The van der Waals surface area contributed by atoms with Crippen LogP contribution in [0.4, 0.5) is 0 Å². The van der Waals surface area contributed by atoms with E-state index in [0.717, 1.165) is 18.5 Å². The van der Waals surface area contributed by atoms with Crippen molar-refractivity contribution >= 4 is 35.8 Å². The van der Waals surface area contributed by atoms with E-state index < -0.39 is 6.10 Å². The van der Waals surface area contributed by atoms with Gasteiger partial charge in [-0.05, 0) is 43.2 Å². The summed E-state index contributed by atoms with van der Waals surface area (Å²) in [6.07, 6.45) is 1.50. The maximum Gasteiger partial charge on any atom is 0.251 e. The van der Waals surface area contributed by atoms with Crippen LogP contribution < -0.4 is 16.0 Å². The lowest BCUT2D eigenvalue weighted by Gasteiger charge is -2.12. The molecule has 8 heteroatoms. The van der Waals surface area contributed by atoms with Crippen molar-refractivity contribution in [2.45, 2.75) is 19.4 Å². The third kappa shape index (κ3) is 7.59. The van der Waals surface area contributed by atoms with Gasteiger partial charge in [0.1, 0.15) is 11.9 Å². The van der Waals surface area contributed by atoms with Crippen molar-refractivity contribution < 1.29 is 14.3 Å². The lowest BCUT2D eigenvalue weighted by Crippen LogP contribution is -2.38. The monoisotopic (exact) mass is 486 g/mol. The molecule has 2 rings (SSSR count). The van der Waals surface area contributed by atoms with Gasteiger partial charge in [-0.2, -0.15) is 0 Å². The Hall–Kier alpha value is -2.07. The molecule has 0 bridgehead atoms. The van der Waals surface area contributed by atoms with Crippen LogP contribution in [0.5, 0.6) is 0 Å². The average molecular weight is 486 g/mol. The molecule has 0 aliphatic carbocycles. The van der Waals surface area contributed by atoms with E-state index in [4.69, 9.17) is 4.42 Å². The molecule has 1 aromatic heterocycles. The van der Waals surface area contributed by atoms with E-state index in [2.05, 4.69) is 20.9 Å². The highest BCUT2D eigenvalue weighted by atomic mass is 127. The molecular formula is C19H27IN4O3. The van der Waals surface area contributed by atoms with Crippen molar-refractivity contribution in [1.82, 2.24) is 16.0 Å². The number of aliphatic hydroxyl groups is 1. The summed E-state index contributed by atoms with van der Waals surface area (Å²) >= 11 is 0. The number of rotatable bonds is 8. The Morgan fingerprint density at radius 2 is 2.07 bits per heavy atom. The smallest absolute Gasteiger partial charge is 0.251 e. The standard InChI is InChI=1S/C19H26N4O3.HI/c1-3-21-19(23-13-16(24)17-8-5-11-26-17)22-10-9-14-6-4-7-15(12-14)18(25)20-2;/h4-8,11-12,16,24H,3,9-10,13H2,1-2H3,(H,20,25)(H2,21,22,23);1H. The zero-order valence-corrected chi connectivity index (χ0v) is 17.9. The predicted molar refractivity (Wildman–Crippen MR) is 117 cm³/mol. The molecule has 0 fully saturated rings. The van der Waals surface area contributed by atoms with Crippen molar-refractivity contribution in [1.29, 1.82) is 0 Å². The molecule has 148 valence electrons. The van der Waals surface area contributed by atoms with Crippen molar-refractivity contribution in [3.8, 4) is 0 Å². The summed E-state index contributed by atoms with van der Waals surface area (Å²) in [4.78, 5) is 16.1. The fourth-order valence-electron chi connectivity index (χ4n) is 2.43. The maximum atomic E-state index is 11.7.